The minimum absolute atomic E-state index is 0.0344. The molecule has 0 aromatic heterocycles. The minimum atomic E-state index is -2.26. The van der Waals surface area contributed by atoms with E-state index in [0.29, 0.717) is 6.61 Å². The first-order valence-corrected chi connectivity index (χ1v) is 10.4. The van der Waals surface area contributed by atoms with Crippen molar-refractivity contribution in [1.82, 2.24) is 0 Å². The van der Waals surface area contributed by atoms with Crippen LogP contribution in [0, 0.1) is 0 Å². The smallest absolute Gasteiger partial charge is 0.157 e. The van der Waals surface area contributed by atoms with E-state index in [0.717, 1.165) is 30.8 Å². The third-order valence-corrected chi connectivity index (χ3v) is 8.23. The lowest BCUT2D eigenvalue weighted by Gasteiger charge is -2.39. The third-order valence-electron chi connectivity index (χ3n) is 4.49. The Morgan fingerprint density at radius 3 is 2.30 bits per heavy atom. The van der Waals surface area contributed by atoms with Crippen LogP contribution in [0.4, 0.5) is 3.89 Å². The van der Waals surface area contributed by atoms with Crippen LogP contribution in [0.1, 0.15) is 52.5 Å². The summed E-state index contributed by atoms with van der Waals surface area (Å²) in [7, 11) is -2.26. The fraction of sp³-hybridized carbons (Fsp3) is 0.684. The average molecular weight is 343 g/mol. The molecule has 23 heavy (non-hydrogen) atoms. The Morgan fingerprint density at radius 2 is 1.78 bits per heavy atom. The van der Waals surface area contributed by atoms with E-state index in [1.54, 1.807) is 0 Å². The summed E-state index contributed by atoms with van der Waals surface area (Å²) >= 11 is 0. The molecule has 0 saturated carbocycles. The summed E-state index contributed by atoms with van der Waals surface area (Å²) in [6, 6.07) is 8.04. The highest BCUT2D eigenvalue weighted by Gasteiger charge is 2.33. The molecule has 132 valence electrons. The monoisotopic (exact) mass is 342 g/mol. The molecule has 4 heteroatoms. The quantitative estimate of drug-likeness (QED) is 0.638. The molecule has 1 unspecified atom stereocenters. The normalized spacial score (nSPS) is 20.2. The second kappa shape index (κ2) is 8.50. The van der Waals surface area contributed by atoms with Gasteiger partial charge < -0.3 is 9.47 Å². The summed E-state index contributed by atoms with van der Waals surface area (Å²) in [4.78, 5) is 0.864. The zero-order chi connectivity index (χ0) is 16.9. The highest BCUT2D eigenvalue weighted by atomic mass is 32.3. The van der Waals surface area contributed by atoms with Crippen molar-refractivity contribution in [2.45, 2.75) is 75.1 Å². The van der Waals surface area contributed by atoms with E-state index >= 15 is 3.89 Å². The van der Waals surface area contributed by atoms with Gasteiger partial charge in [-0.05, 0) is 43.4 Å². The maximum Gasteiger partial charge on any atom is 0.157 e. The van der Waals surface area contributed by atoms with E-state index in [9.17, 15) is 0 Å². The maximum atomic E-state index is 15.4. The molecule has 0 N–H and O–H groups in total. The van der Waals surface area contributed by atoms with Crippen molar-refractivity contribution in [3.05, 3.63) is 29.8 Å². The number of hydrogen-bond acceptors (Lipinski definition) is 2. The van der Waals surface area contributed by atoms with Gasteiger partial charge in [0, 0.05) is 22.0 Å². The molecular formula is C19H31FO2S. The van der Waals surface area contributed by atoms with Gasteiger partial charge >= 0.3 is 0 Å². The number of benzene rings is 1. The van der Waals surface area contributed by atoms with Crippen molar-refractivity contribution in [2.24, 2.45) is 0 Å². The summed E-state index contributed by atoms with van der Waals surface area (Å²) in [5, 5.41) is 0.0836. The molecular weight excluding hydrogens is 311 g/mol. The fourth-order valence-corrected chi connectivity index (χ4v) is 5.83. The lowest BCUT2D eigenvalue weighted by molar-refractivity contribution is -0.161. The summed E-state index contributed by atoms with van der Waals surface area (Å²) in [5.74, 6) is 0. The summed E-state index contributed by atoms with van der Waals surface area (Å²) in [5.41, 5.74) is 1.19. The molecule has 1 aromatic rings. The number of rotatable bonds is 7. The molecule has 0 bridgehead atoms. The molecule has 0 aliphatic carbocycles. The van der Waals surface area contributed by atoms with E-state index in [1.165, 1.54) is 12.0 Å². The molecule has 2 rings (SSSR count). The largest absolute Gasteiger partial charge is 0.353 e. The third kappa shape index (κ3) is 4.71. The highest BCUT2D eigenvalue weighted by Crippen LogP contribution is 2.64. The van der Waals surface area contributed by atoms with Gasteiger partial charge in [-0.2, -0.15) is 3.89 Å². The molecule has 1 heterocycles. The van der Waals surface area contributed by atoms with Gasteiger partial charge in [0.1, 0.15) is 0 Å². The molecule has 1 aliphatic heterocycles. The maximum absolute atomic E-state index is 15.4. The van der Waals surface area contributed by atoms with Gasteiger partial charge in [-0.1, -0.05) is 50.2 Å². The SMILES string of the molecule is CC(C)S(F)(c1ccc(CCOC2CCCCO2)cc1)C(C)C. The van der Waals surface area contributed by atoms with E-state index in [1.807, 2.05) is 52.0 Å². The molecule has 1 atom stereocenters. The van der Waals surface area contributed by atoms with Crippen LogP contribution in [-0.2, 0) is 15.9 Å². The first-order chi connectivity index (χ1) is 10.9. The van der Waals surface area contributed by atoms with Crippen LogP contribution in [0.5, 0.6) is 0 Å². The standard InChI is InChI=1S/C19H31FO2S/c1-15(2)23(20,16(3)4)18-10-8-17(9-11-18)12-14-22-19-7-5-6-13-21-19/h8-11,15-16,19H,5-7,12-14H2,1-4H3. The molecule has 1 aliphatic rings. The van der Waals surface area contributed by atoms with Gasteiger partial charge in [-0.25, -0.2) is 0 Å². The molecule has 2 nitrogen and oxygen atoms in total. The Kier molecular flexibility index (Phi) is 6.93. The fourth-order valence-electron chi connectivity index (χ4n) is 3.10. The average Bonchev–Trinajstić information content (AvgIpc) is 2.55. The molecule has 0 spiro atoms. The Morgan fingerprint density at radius 1 is 1.13 bits per heavy atom. The van der Waals surface area contributed by atoms with Crippen LogP contribution in [0.3, 0.4) is 0 Å². The van der Waals surface area contributed by atoms with Crippen LogP contribution in [0.15, 0.2) is 29.2 Å². The first kappa shape index (κ1) is 18.8. The predicted molar refractivity (Wildman–Crippen MR) is 96.9 cm³/mol. The molecule has 0 amide bonds. The van der Waals surface area contributed by atoms with Crippen LogP contribution >= 0.6 is 10.4 Å². The van der Waals surface area contributed by atoms with Crippen LogP contribution in [-0.4, -0.2) is 30.0 Å². The zero-order valence-electron chi connectivity index (χ0n) is 14.9. The van der Waals surface area contributed by atoms with E-state index in [-0.39, 0.29) is 16.8 Å². The lowest BCUT2D eigenvalue weighted by atomic mass is 10.1. The van der Waals surface area contributed by atoms with Crippen molar-refractivity contribution < 1.29 is 13.4 Å². The second-order valence-electron chi connectivity index (χ2n) is 6.79. The van der Waals surface area contributed by atoms with Crippen LogP contribution in [0.2, 0.25) is 0 Å². The second-order valence-corrected chi connectivity index (χ2v) is 10.4. The number of ether oxygens (including phenoxy) is 2. The van der Waals surface area contributed by atoms with Crippen molar-refractivity contribution in [3.63, 3.8) is 0 Å². The summed E-state index contributed by atoms with van der Waals surface area (Å²) in [6.07, 6.45) is 4.13. The van der Waals surface area contributed by atoms with Gasteiger partial charge in [-0.15, -0.1) is 0 Å². The predicted octanol–water partition coefficient (Wildman–Crippen LogP) is 5.64. The molecule has 0 radical (unpaired) electrons. The Labute approximate surface area is 142 Å². The Bertz CT molecular complexity index is 459. The molecule has 1 aromatic carbocycles. The van der Waals surface area contributed by atoms with E-state index in [2.05, 4.69) is 0 Å². The van der Waals surface area contributed by atoms with Gasteiger partial charge in [0.2, 0.25) is 0 Å². The van der Waals surface area contributed by atoms with Gasteiger partial charge in [0.05, 0.1) is 6.61 Å². The topological polar surface area (TPSA) is 18.5 Å². The zero-order valence-corrected chi connectivity index (χ0v) is 15.7. The van der Waals surface area contributed by atoms with E-state index < -0.39 is 10.4 Å². The number of halogens is 1. The van der Waals surface area contributed by atoms with Crippen molar-refractivity contribution in [2.75, 3.05) is 13.2 Å². The van der Waals surface area contributed by atoms with Crippen LogP contribution < -0.4 is 0 Å². The first-order valence-electron chi connectivity index (χ1n) is 8.77. The lowest BCUT2D eigenvalue weighted by Crippen LogP contribution is -2.23. The Balaban J connectivity index is 1.91. The molecule has 1 saturated heterocycles. The summed E-state index contributed by atoms with van der Waals surface area (Å²) < 4.78 is 26.8. The van der Waals surface area contributed by atoms with E-state index in [4.69, 9.17) is 9.47 Å². The molecule has 1 fully saturated rings. The van der Waals surface area contributed by atoms with Crippen molar-refractivity contribution >= 4 is 10.4 Å². The van der Waals surface area contributed by atoms with Crippen molar-refractivity contribution in [3.8, 4) is 0 Å². The summed E-state index contributed by atoms with van der Waals surface area (Å²) in [6.45, 7) is 9.42. The van der Waals surface area contributed by atoms with Crippen molar-refractivity contribution in [1.29, 1.82) is 0 Å². The Hall–Kier alpha value is -0.580. The van der Waals surface area contributed by atoms with Gasteiger partial charge in [0.15, 0.2) is 6.29 Å². The van der Waals surface area contributed by atoms with Crippen LogP contribution in [0.25, 0.3) is 0 Å². The van der Waals surface area contributed by atoms with Gasteiger partial charge in [-0.3, -0.25) is 0 Å². The minimum Gasteiger partial charge on any atom is -0.353 e. The number of hydrogen-bond donors (Lipinski definition) is 0. The highest BCUT2D eigenvalue weighted by molar-refractivity contribution is 8.30. The van der Waals surface area contributed by atoms with Gasteiger partial charge in [0.25, 0.3) is 0 Å².